The quantitative estimate of drug-likeness (QED) is 0.541. The lowest BCUT2D eigenvalue weighted by atomic mass is 10.2. The highest BCUT2D eigenvalue weighted by Gasteiger charge is 2.31. The Balaban J connectivity index is 2.16. The first kappa shape index (κ1) is 17.0. The predicted molar refractivity (Wildman–Crippen MR) is 85.0 cm³/mol. The van der Waals surface area contributed by atoms with E-state index in [-0.39, 0.29) is 33.5 Å². The fraction of sp³-hybridized carbons (Fsp3) is 0.188. The van der Waals surface area contributed by atoms with Crippen LogP contribution in [-0.2, 0) is 13.0 Å². The summed E-state index contributed by atoms with van der Waals surface area (Å²) in [5.74, 6) is -0.726. The van der Waals surface area contributed by atoms with E-state index in [1.54, 1.807) is 6.07 Å². The normalized spacial score (nSPS) is 12.1. The van der Waals surface area contributed by atoms with Crippen LogP contribution < -0.4 is 0 Å². The summed E-state index contributed by atoms with van der Waals surface area (Å²) < 4.78 is 53.7. The van der Waals surface area contributed by atoms with Crippen LogP contribution >= 0.6 is 23.2 Å². The molecule has 0 aliphatic rings. The van der Waals surface area contributed by atoms with Gasteiger partial charge < -0.3 is 4.57 Å². The summed E-state index contributed by atoms with van der Waals surface area (Å²) in [7, 11) is 0. The number of hydrogen-bond donors (Lipinski definition) is 0. The first-order valence-electron chi connectivity index (χ1n) is 6.89. The topological polar surface area (TPSA) is 17.8 Å². The second-order valence-electron chi connectivity index (χ2n) is 5.25. The van der Waals surface area contributed by atoms with Crippen LogP contribution in [0.1, 0.15) is 11.4 Å². The molecule has 3 rings (SSSR count). The van der Waals surface area contributed by atoms with E-state index in [0.29, 0.717) is 5.52 Å². The van der Waals surface area contributed by atoms with Crippen LogP contribution in [-0.4, -0.2) is 15.7 Å². The molecule has 0 unspecified atom stereocenters. The lowest BCUT2D eigenvalue weighted by molar-refractivity contribution is -0.128. The van der Waals surface area contributed by atoms with Gasteiger partial charge in [-0.1, -0.05) is 41.4 Å². The minimum absolute atomic E-state index is 0.0907. The number of imidazole rings is 1. The molecule has 0 bridgehead atoms. The number of halogens is 6. The largest absolute Gasteiger partial charge is 0.396 e. The average molecular weight is 377 g/mol. The second kappa shape index (κ2) is 6.26. The molecule has 0 aliphatic heterocycles. The van der Waals surface area contributed by atoms with Gasteiger partial charge in [0.2, 0.25) is 0 Å². The van der Waals surface area contributed by atoms with Gasteiger partial charge in [0.15, 0.2) is 0 Å². The summed E-state index contributed by atoms with van der Waals surface area (Å²) in [6.07, 6.45) is -5.67. The Hall–Kier alpha value is -1.79. The van der Waals surface area contributed by atoms with E-state index >= 15 is 0 Å². The third kappa shape index (κ3) is 3.49. The van der Waals surface area contributed by atoms with E-state index < -0.39 is 18.4 Å². The zero-order valence-electron chi connectivity index (χ0n) is 12.0. The van der Waals surface area contributed by atoms with Crippen molar-refractivity contribution < 1.29 is 17.6 Å². The molecule has 0 aliphatic carbocycles. The lowest BCUT2D eigenvalue weighted by Crippen LogP contribution is -2.17. The summed E-state index contributed by atoms with van der Waals surface area (Å²) in [4.78, 5) is 4.00. The zero-order chi connectivity index (χ0) is 17.5. The number of hydrogen-bond acceptors (Lipinski definition) is 1. The maximum Gasteiger partial charge on any atom is 0.396 e. The molecule has 0 N–H and O–H groups in total. The molecular formula is C16H10Cl2F4N2. The Kier molecular flexibility index (Phi) is 4.44. The van der Waals surface area contributed by atoms with Gasteiger partial charge in [0.05, 0.1) is 27.6 Å². The van der Waals surface area contributed by atoms with E-state index in [1.807, 2.05) is 0 Å². The van der Waals surface area contributed by atoms with Crippen LogP contribution in [0.4, 0.5) is 17.6 Å². The summed E-state index contributed by atoms with van der Waals surface area (Å²) in [6.45, 7) is -0.0907. The smallest absolute Gasteiger partial charge is 0.323 e. The molecule has 1 aromatic heterocycles. The summed E-state index contributed by atoms with van der Waals surface area (Å²) in [5.41, 5.74) is 0.901. The van der Waals surface area contributed by atoms with Crippen molar-refractivity contribution in [1.82, 2.24) is 9.55 Å². The van der Waals surface area contributed by atoms with Gasteiger partial charge in [-0.2, -0.15) is 13.2 Å². The molecule has 0 atom stereocenters. The number of rotatable bonds is 3. The van der Waals surface area contributed by atoms with Crippen LogP contribution in [0, 0.1) is 5.82 Å². The summed E-state index contributed by atoms with van der Waals surface area (Å²) in [5, 5.41) is 0.385. The lowest BCUT2D eigenvalue weighted by Gasteiger charge is -2.12. The minimum atomic E-state index is -4.44. The van der Waals surface area contributed by atoms with Crippen molar-refractivity contribution in [3.05, 3.63) is 63.6 Å². The van der Waals surface area contributed by atoms with Gasteiger partial charge in [0, 0.05) is 5.56 Å². The average Bonchev–Trinajstić information content (AvgIpc) is 2.77. The monoisotopic (exact) mass is 376 g/mol. The van der Waals surface area contributed by atoms with E-state index in [4.69, 9.17) is 23.2 Å². The van der Waals surface area contributed by atoms with Gasteiger partial charge in [0.25, 0.3) is 0 Å². The van der Waals surface area contributed by atoms with E-state index in [0.717, 1.165) is 0 Å². The molecule has 126 valence electrons. The molecule has 0 saturated heterocycles. The Morgan fingerprint density at radius 1 is 1.04 bits per heavy atom. The molecule has 24 heavy (non-hydrogen) atoms. The van der Waals surface area contributed by atoms with Crippen molar-refractivity contribution in [2.45, 2.75) is 19.1 Å². The highest BCUT2D eigenvalue weighted by Crippen LogP contribution is 2.31. The Bertz CT molecular complexity index is 903. The van der Waals surface area contributed by atoms with Crippen LogP contribution in [0.2, 0.25) is 10.0 Å². The van der Waals surface area contributed by atoms with Crippen LogP contribution in [0.25, 0.3) is 11.0 Å². The first-order chi connectivity index (χ1) is 11.2. The van der Waals surface area contributed by atoms with Gasteiger partial charge in [-0.15, -0.1) is 0 Å². The van der Waals surface area contributed by atoms with Gasteiger partial charge in [0.1, 0.15) is 18.1 Å². The highest BCUT2D eigenvalue weighted by molar-refractivity contribution is 6.42. The van der Waals surface area contributed by atoms with Crippen LogP contribution in [0.15, 0.2) is 36.4 Å². The molecule has 3 aromatic rings. The SMILES string of the molecule is Fc1ccccc1Cn1c(CC(F)(F)F)nc2cc(Cl)c(Cl)cc21. The van der Waals surface area contributed by atoms with Crippen molar-refractivity contribution in [2.24, 2.45) is 0 Å². The number of benzene rings is 2. The third-order valence-electron chi connectivity index (χ3n) is 3.51. The van der Waals surface area contributed by atoms with Gasteiger partial charge in [-0.05, 0) is 18.2 Å². The molecule has 0 saturated carbocycles. The molecule has 1 heterocycles. The fourth-order valence-corrected chi connectivity index (χ4v) is 2.77. The van der Waals surface area contributed by atoms with E-state index in [9.17, 15) is 17.6 Å². The molecular weight excluding hydrogens is 367 g/mol. The van der Waals surface area contributed by atoms with E-state index in [1.165, 1.54) is 34.9 Å². The third-order valence-corrected chi connectivity index (χ3v) is 4.24. The molecule has 0 radical (unpaired) electrons. The number of fused-ring (bicyclic) bond motifs is 1. The van der Waals surface area contributed by atoms with Crippen molar-refractivity contribution in [1.29, 1.82) is 0 Å². The summed E-state index contributed by atoms with van der Waals surface area (Å²) in [6, 6.07) is 8.73. The maximum atomic E-state index is 13.9. The fourth-order valence-electron chi connectivity index (χ4n) is 2.46. The predicted octanol–water partition coefficient (Wildman–Crippen LogP) is 5.64. The van der Waals surface area contributed by atoms with Crippen LogP contribution in [0.3, 0.4) is 0 Å². The minimum Gasteiger partial charge on any atom is -0.323 e. The van der Waals surface area contributed by atoms with E-state index in [2.05, 4.69) is 4.98 Å². The Labute approximate surface area is 144 Å². The van der Waals surface area contributed by atoms with Gasteiger partial charge in [-0.25, -0.2) is 9.37 Å². The van der Waals surface area contributed by atoms with Crippen molar-refractivity contribution in [3.63, 3.8) is 0 Å². The second-order valence-corrected chi connectivity index (χ2v) is 6.07. The van der Waals surface area contributed by atoms with Crippen molar-refractivity contribution in [3.8, 4) is 0 Å². The molecule has 2 aromatic carbocycles. The Morgan fingerprint density at radius 2 is 1.71 bits per heavy atom. The maximum absolute atomic E-state index is 13.9. The standard InChI is InChI=1S/C16H10Cl2F4N2/c17-10-5-13-14(6-11(10)18)24(15(23-13)7-16(20,21)22)8-9-3-1-2-4-12(9)19/h1-6H,7-8H2. The zero-order valence-corrected chi connectivity index (χ0v) is 13.6. The van der Waals surface area contributed by atoms with Crippen LogP contribution in [0.5, 0.6) is 0 Å². The number of nitrogens with zero attached hydrogens (tertiary/aromatic N) is 2. The summed E-state index contributed by atoms with van der Waals surface area (Å²) >= 11 is 11.9. The molecule has 2 nitrogen and oxygen atoms in total. The highest BCUT2D eigenvalue weighted by atomic mass is 35.5. The first-order valence-corrected chi connectivity index (χ1v) is 7.64. The van der Waals surface area contributed by atoms with Crippen molar-refractivity contribution >= 4 is 34.2 Å². The van der Waals surface area contributed by atoms with Gasteiger partial charge >= 0.3 is 6.18 Å². The van der Waals surface area contributed by atoms with Gasteiger partial charge in [-0.3, -0.25) is 0 Å². The molecule has 0 amide bonds. The number of aromatic nitrogens is 2. The molecule has 0 spiro atoms. The molecule has 0 fully saturated rings. The van der Waals surface area contributed by atoms with Crippen molar-refractivity contribution in [2.75, 3.05) is 0 Å². The molecule has 8 heteroatoms. The number of alkyl halides is 3. The Morgan fingerprint density at radius 3 is 2.38 bits per heavy atom.